The summed E-state index contributed by atoms with van der Waals surface area (Å²) in [5, 5.41) is 0.318. The number of rotatable bonds is 5. The molecule has 0 spiro atoms. The Hall–Kier alpha value is -3.45. The summed E-state index contributed by atoms with van der Waals surface area (Å²) in [5.74, 6) is -0.309. The average Bonchev–Trinajstić information content (AvgIpc) is 3.33. The monoisotopic (exact) mass is 512 g/mol. The van der Waals surface area contributed by atoms with Crippen molar-refractivity contribution >= 4 is 38.6 Å². The summed E-state index contributed by atoms with van der Waals surface area (Å²) in [6.45, 7) is 0.988. The molecule has 35 heavy (non-hydrogen) atoms. The van der Waals surface area contributed by atoms with Gasteiger partial charge in [-0.3, -0.25) is 9.78 Å². The third-order valence-corrected chi connectivity index (χ3v) is 7.70. The molecule has 3 aromatic heterocycles. The molecule has 3 N–H and O–H groups in total. The number of carbonyl (C=O) groups excluding carboxylic acids is 1. The minimum absolute atomic E-state index is 0.0484. The lowest BCUT2D eigenvalue weighted by atomic mass is 10.1. The van der Waals surface area contributed by atoms with Crippen LogP contribution in [0.5, 0.6) is 0 Å². The number of nitrogens with zero attached hydrogens (tertiary/aromatic N) is 6. The number of pyridine rings is 1. The van der Waals surface area contributed by atoms with Gasteiger partial charge in [-0.15, -0.1) is 0 Å². The standard InChI is InChI=1S/C22H21ClN8O3S/c23-16-1-2-18-19(10-16)29-22(28-18)35(33,34)31-7-5-30(6-8-31)21(32)20-26-12-15(13-27-20)14-3-4-25-17(9-14)11-24/h1-4,9-10,12-13H,5-8,11,24H2,(H,28,29). The molecule has 4 heterocycles. The van der Waals surface area contributed by atoms with E-state index in [-0.39, 0.29) is 43.1 Å². The van der Waals surface area contributed by atoms with Gasteiger partial charge in [0.15, 0.2) is 0 Å². The second-order valence-electron chi connectivity index (χ2n) is 7.94. The quantitative estimate of drug-likeness (QED) is 0.409. The topological polar surface area (TPSA) is 151 Å². The van der Waals surface area contributed by atoms with E-state index >= 15 is 0 Å². The first-order valence-electron chi connectivity index (χ1n) is 10.8. The molecule has 4 aromatic rings. The highest BCUT2D eigenvalue weighted by Gasteiger charge is 2.33. The fourth-order valence-electron chi connectivity index (χ4n) is 3.83. The zero-order valence-electron chi connectivity index (χ0n) is 18.4. The van der Waals surface area contributed by atoms with E-state index in [0.29, 0.717) is 22.6 Å². The van der Waals surface area contributed by atoms with Gasteiger partial charge in [0.2, 0.25) is 11.0 Å². The van der Waals surface area contributed by atoms with Gasteiger partial charge in [0.05, 0.1) is 16.7 Å². The van der Waals surface area contributed by atoms with Crippen molar-refractivity contribution in [2.45, 2.75) is 11.7 Å². The largest absolute Gasteiger partial charge is 0.333 e. The van der Waals surface area contributed by atoms with Crippen LogP contribution >= 0.6 is 11.6 Å². The molecular weight excluding hydrogens is 492 g/mol. The first-order valence-corrected chi connectivity index (χ1v) is 12.6. The van der Waals surface area contributed by atoms with E-state index in [4.69, 9.17) is 17.3 Å². The Bertz CT molecular complexity index is 1500. The number of sulfonamides is 1. The molecule has 1 fully saturated rings. The summed E-state index contributed by atoms with van der Waals surface area (Å²) in [6, 6.07) is 8.59. The molecule has 13 heteroatoms. The predicted molar refractivity (Wildman–Crippen MR) is 129 cm³/mol. The number of aromatic amines is 1. The number of piperazine rings is 1. The van der Waals surface area contributed by atoms with Gasteiger partial charge >= 0.3 is 0 Å². The second kappa shape index (κ2) is 9.30. The Morgan fingerprint density at radius 2 is 1.77 bits per heavy atom. The van der Waals surface area contributed by atoms with Crippen LogP contribution < -0.4 is 5.73 Å². The summed E-state index contributed by atoms with van der Waals surface area (Å²) in [7, 11) is -3.85. The highest BCUT2D eigenvalue weighted by Crippen LogP contribution is 2.22. The van der Waals surface area contributed by atoms with E-state index < -0.39 is 10.0 Å². The van der Waals surface area contributed by atoms with Gasteiger partial charge in [0.25, 0.3) is 15.9 Å². The molecule has 1 saturated heterocycles. The van der Waals surface area contributed by atoms with Crippen molar-refractivity contribution in [3.05, 3.63) is 65.5 Å². The Kier molecular flexibility index (Phi) is 6.19. The highest BCUT2D eigenvalue weighted by molar-refractivity contribution is 7.89. The number of H-pyrrole nitrogens is 1. The third kappa shape index (κ3) is 4.60. The van der Waals surface area contributed by atoms with Crippen molar-refractivity contribution in [3.63, 3.8) is 0 Å². The van der Waals surface area contributed by atoms with Crippen molar-refractivity contribution in [2.75, 3.05) is 26.2 Å². The molecule has 1 aromatic carbocycles. The van der Waals surface area contributed by atoms with E-state index in [1.54, 1.807) is 41.7 Å². The number of hydrogen-bond donors (Lipinski definition) is 2. The van der Waals surface area contributed by atoms with E-state index in [1.165, 1.54) is 4.31 Å². The zero-order chi connectivity index (χ0) is 24.6. The van der Waals surface area contributed by atoms with E-state index in [2.05, 4.69) is 24.9 Å². The molecule has 0 bridgehead atoms. The predicted octanol–water partition coefficient (Wildman–Crippen LogP) is 1.67. The van der Waals surface area contributed by atoms with Gasteiger partial charge < -0.3 is 15.6 Å². The minimum atomic E-state index is -3.85. The highest BCUT2D eigenvalue weighted by atomic mass is 35.5. The van der Waals surface area contributed by atoms with Gasteiger partial charge in [0.1, 0.15) is 0 Å². The summed E-state index contributed by atoms with van der Waals surface area (Å²) in [5.41, 5.74) is 9.02. The van der Waals surface area contributed by atoms with Crippen LogP contribution in [0.4, 0.5) is 0 Å². The normalized spacial score (nSPS) is 15.0. The van der Waals surface area contributed by atoms with Crippen molar-refractivity contribution in [1.82, 2.24) is 34.1 Å². The summed E-state index contributed by atoms with van der Waals surface area (Å²) >= 11 is 5.97. The van der Waals surface area contributed by atoms with Crippen LogP contribution in [0, 0.1) is 0 Å². The third-order valence-electron chi connectivity index (χ3n) is 5.74. The Balaban J connectivity index is 1.26. The number of carbonyl (C=O) groups is 1. The first-order chi connectivity index (χ1) is 16.8. The molecule has 1 aliphatic rings. The maximum Gasteiger partial charge on any atom is 0.291 e. The molecule has 1 amide bonds. The van der Waals surface area contributed by atoms with E-state index in [9.17, 15) is 13.2 Å². The molecule has 0 radical (unpaired) electrons. The van der Waals surface area contributed by atoms with Crippen LogP contribution in [0.1, 0.15) is 16.3 Å². The molecule has 0 atom stereocenters. The maximum atomic E-state index is 13.1. The number of aromatic nitrogens is 5. The Morgan fingerprint density at radius 1 is 1.03 bits per heavy atom. The number of imidazole rings is 1. The van der Waals surface area contributed by atoms with Crippen LogP contribution in [0.25, 0.3) is 22.2 Å². The van der Waals surface area contributed by atoms with Crippen molar-refractivity contribution in [1.29, 1.82) is 0 Å². The van der Waals surface area contributed by atoms with Gasteiger partial charge in [0, 0.05) is 61.9 Å². The number of nitrogens with two attached hydrogens (primary N) is 1. The molecule has 0 aliphatic carbocycles. The first kappa shape index (κ1) is 23.3. The SMILES string of the molecule is NCc1cc(-c2cnc(C(=O)N3CCN(S(=O)(=O)c4nc5cc(Cl)ccc5[nH]4)CC3)nc2)ccn1. The lowest BCUT2D eigenvalue weighted by Gasteiger charge is -2.33. The molecular formula is C22H21ClN8O3S. The van der Waals surface area contributed by atoms with Crippen molar-refractivity contribution in [2.24, 2.45) is 5.73 Å². The zero-order valence-corrected chi connectivity index (χ0v) is 20.0. The number of hydrogen-bond acceptors (Lipinski definition) is 8. The molecule has 11 nitrogen and oxygen atoms in total. The number of fused-ring (bicyclic) bond motifs is 1. The second-order valence-corrected chi connectivity index (χ2v) is 10.2. The molecule has 1 aliphatic heterocycles. The fourth-order valence-corrected chi connectivity index (χ4v) is 5.34. The maximum absolute atomic E-state index is 13.1. The van der Waals surface area contributed by atoms with Crippen LogP contribution in [-0.2, 0) is 16.6 Å². The van der Waals surface area contributed by atoms with Crippen LogP contribution in [0.2, 0.25) is 5.02 Å². The Labute approximate surface area is 206 Å². The van der Waals surface area contributed by atoms with Gasteiger partial charge in [-0.05, 0) is 35.9 Å². The molecule has 5 rings (SSSR count). The fraction of sp³-hybridized carbons (Fsp3) is 0.227. The number of amides is 1. The van der Waals surface area contributed by atoms with Crippen molar-refractivity contribution in [3.8, 4) is 11.1 Å². The molecule has 0 unspecified atom stereocenters. The summed E-state index contributed by atoms with van der Waals surface area (Å²) in [4.78, 5) is 34.1. The van der Waals surface area contributed by atoms with Crippen LogP contribution in [0.3, 0.4) is 0 Å². The summed E-state index contributed by atoms with van der Waals surface area (Å²) < 4.78 is 27.4. The number of benzene rings is 1. The lowest BCUT2D eigenvalue weighted by Crippen LogP contribution is -2.50. The number of halogens is 1. The van der Waals surface area contributed by atoms with Gasteiger partial charge in [-0.1, -0.05) is 11.6 Å². The molecule has 0 saturated carbocycles. The average molecular weight is 513 g/mol. The van der Waals surface area contributed by atoms with Gasteiger partial charge in [-0.25, -0.2) is 23.4 Å². The smallest absolute Gasteiger partial charge is 0.291 e. The van der Waals surface area contributed by atoms with Crippen LogP contribution in [0.15, 0.2) is 54.1 Å². The minimum Gasteiger partial charge on any atom is -0.333 e. The Morgan fingerprint density at radius 3 is 2.49 bits per heavy atom. The van der Waals surface area contributed by atoms with Crippen LogP contribution in [-0.4, -0.2) is 74.6 Å². The van der Waals surface area contributed by atoms with E-state index in [0.717, 1.165) is 16.8 Å². The van der Waals surface area contributed by atoms with Gasteiger partial charge in [-0.2, -0.15) is 4.31 Å². The molecule has 180 valence electrons. The summed E-state index contributed by atoms with van der Waals surface area (Å²) in [6.07, 6.45) is 4.80. The lowest BCUT2D eigenvalue weighted by molar-refractivity contribution is 0.0685. The van der Waals surface area contributed by atoms with E-state index in [1.807, 2.05) is 12.1 Å². The number of nitrogens with one attached hydrogen (secondary N) is 1. The van der Waals surface area contributed by atoms with Crippen molar-refractivity contribution < 1.29 is 13.2 Å².